The van der Waals surface area contributed by atoms with Gasteiger partial charge in [0.15, 0.2) is 0 Å². The number of H-pyrrole nitrogens is 1. The van der Waals surface area contributed by atoms with Crippen LogP contribution in [0.25, 0.3) is 10.2 Å². The number of hydrogen-bond donors (Lipinski definition) is 3. The van der Waals surface area contributed by atoms with Gasteiger partial charge in [-0.15, -0.1) is 11.3 Å². The molecular weight excluding hydrogens is 368 g/mol. The lowest BCUT2D eigenvalue weighted by molar-refractivity contribution is 0.0954. The number of amides is 1. The molecule has 0 saturated heterocycles. The van der Waals surface area contributed by atoms with Gasteiger partial charge in [-0.25, -0.2) is 0 Å². The summed E-state index contributed by atoms with van der Waals surface area (Å²) >= 11 is 1.71. The zero-order valence-corrected chi connectivity index (χ0v) is 16.6. The third-order valence-electron chi connectivity index (χ3n) is 5.77. The van der Waals surface area contributed by atoms with E-state index in [1.807, 2.05) is 12.1 Å². The molecule has 1 aliphatic carbocycles. The smallest absolute Gasteiger partial charge is 0.251 e. The van der Waals surface area contributed by atoms with Crippen molar-refractivity contribution >= 4 is 33.1 Å². The van der Waals surface area contributed by atoms with Crippen LogP contribution in [0.4, 0.5) is 5.69 Å². The first-order valence-electron chi connectivity index (χ1n) is 10.0. The maximum Gasteiger partial charge on any atom is 0.251 e. The Hall–Kier alpha value is -2.60. The predicted molar refractivity (Wildman–Crippen MR) is 114 cm³/mol. The van der Waals surface area contributed by atoms with E-state index in [9.17, 15) is 4.79 Å². The summed E-state index contributed by atoms with van der Waals surface area (Å²) in [5, 5.41) is 16.3. The fourth-order valence-electron chi connectivity index (χ4n) is 4.23. The summed E-state index contributed by atoms with van der Waals surface area (Å²) in [7, 11) is 0. The van der Waals surface area contributed by atoms with Crippen molar-refractivity contribution in [3.8, 4) is 0 Å². The number of thiophene rings is 1. The fourth-order valence-corrected chi connectivity index (χ4v) is 5.12. The molecule has 0 fully saturated rings. The summed E-state index contributed by atoms with van der Waals surface area (Å²) in [5.74, 6) is 0.00451. The molecule has 0 bridgehead atoms. The van der Waals surface area contributed by atoms with E-state index in [0.29, 0.717) is 12.1 Å². The van der Waals surface area contributed by atoms with Gasteiger partial charge in [0.25, 0.3) is 5.91 Å². The monoisotopic (exact) mass is 392 g/mol. The topological polar surface area (TPSA) is 69.8 Å². The number of aromatic nitrogens is 2. The predicted octanol–water partition coefficient (Wildman–Crippen LogP) is 4.95. The minimum Gasteiger partial charge on any atom is -0.376 e. The van der Waals surface area contributed by atoms with Crippen LogP contribution in [0.5, 0.6) is 0 Å². The summed E-state index contributed by atoms with van der Waals surface area (Å²) < 4.78 is 1.21. The molecule has 0 saturated carbocycles. The van der Waals surface area contributed by atoms with Crippen molar-refractivity contribution in [3.05, 3.63) is 58.1 Å². The standard InChI is InChI=1S/C22H24N4OS/c27-22(23-10-8-14-4-2-1-3-5-14)16-7-6-15-12-19(24-18(15)13-16)20-21-17(25-26-20)9-11-28-21/h4,6-7,9,11,13,19,24H,1-3,5,8,10,12H2,(H,23,27)(H,25,26). The zero-order valence-electron chi connectivity index (χ0n) is 15.8. The highest BCUT2D eigenvalue weighted by atomic mass is 32.1. The Morgan fingerprint density at radius 2 is 2.25 bits per heavy atom. The highest BCUT2D eigenvalue weighted by molar-refractivity contribution is 7.17. The molecule has 6 heteroatoms. The second-order valence-corrected chi connectivity index (χ2v) is 8.58. The molecule has 1 aliphatic heterocycles. The Labute approximate surface area is 168 Å². The first-order chi connectivity index (χ1) is 13.8. The van der Waals surface area contributed by atoms with Crippen molar-refractivity contribution in [3.63, 3.8) is 0 Å². The summed E-state index contributed by atoms with van der Waals surface area (Å²) in [4.78, 5) is 12.6. The van der Waals surface area contributed by atoms with Crippen LogP contribution in [-0.4, -0.2) is 22.6 Å². The molecule has 2 aliphatic rings. The van der Waals surface area contributed by atoms with Crippen LogP contribution in [0.1, 0.15) is 59.8 Å². The quantitative estimate of drug-likeness (QED) is 0.538. The molecule has 5 nitrogen and oxygen atoms in total. The van der Waals surface area contributed by atoms with Gasteiger partial charge >= 0.3 is 0 Å². The van der Waals surface area contributed by atoms with Crippen LogP contribution < -0.4 is 10.6 Å². The molecule has 1 amide bonds. The molecule has 1 atom stereocenters. The van der Waals surface area contributed by atoms with Crippen molar-refractivity contribution in [2.75, 3.05) is 11.9 Å². The molecule has 0 spiro atoms. The average molecular weight is 393 g/mol. The van der Waals surface area contributed by atoms with Gasteiger partial charge in [-0.1, -0.05) is 17.7 Å². The summed E-state index contributed by atoms with van der Waals surface area (Å²) in [6.45, 7) is 0.710. The van der Waals surface area contributed by atoms with Gasteiger partial charge in [-0.2, -0.15) is 5.10 Å². The molecule has 2 aromatic heterocycles. The van der Waals surface area contributed by atoms with Crippen molar-refractivity contribution in [1.82, 2.24) is 15.5 Å². The molecule has 144 valence electrons. The second-order valence-electron chi connectivity index (χ2n) is 7.66. The van der Waals surface area contributed by atoms with E-state index < -0.39 is 0 Å². The van der Waals surface area contributed by atoms with E-state index in [0.717, 1.165) is 29.7 Å². The Kier molecular flexibility index (Phi) is 4.64. The number of anilines is 1. The van der Waals surface area contributed by atoms with Crippen LogP contribution in [0.3, 0.4) is 0 Å². The highest BCUT2D eigenvalue weighted by Gasteiger charge is 2.26. The maximum absolute atomic E-state index is 12.6. The molecule has 1 aromatic carbocycles. The van der Waals surface area contributed by atoms with Crippen molar-refractivity contribution < 1.29 is 4.79 Å². The van der Waals surface area contributed by atoms with E-state index in [2.05, 4.69) is 44.4 Å². The van der Waals surface area contributed by atoms with Gasteiger partial charge in [0.1, 0.15) is 5.69 Å². The summed E-state index contributed by atoms with van der Waals surface area (Å²) in [6.07, 6.45) is 9.16. The van der Waals surface area contributed by atoms with Gasteiger partial charge in [0.05, 0.1) is 16.3 Å². The molecule has 0 radical (unpaired) electrons. The lowest BCUT2D eigenvalue weighted by atomic mass is 9.97. The molecule has 3 aromatic rings. The van der Waals surface area contributed by atoms with E-state index in [1.165, 1.54) is 41.5 Å². The normalized spacial score (nSPS) is 18.6. The van der Waals surface area contributed by atoms with Crippen molar-refractivity contribution in [2.45, 2.75) is 44.6 Å². The lowest BCUT2D eigenvalue weighted by Gasteiger charge is -2.13. The number of rotatable bonds is 5. The minimum atomic E-state index is 0.00451. The van der Waals surface area contributed by atoms with Crippen LogP contribution in [0.2, 0.25) is 0 Å². The number of benzene rings is 1. The lowest BCUT2D eigenvalue weighted by Crippen LogP contribution is -2.25. The number of carbonyl (C=O) groups is 1. The fraction of sp³-hybridized carbons (Fsp3) is 0.364. The highest BCUT2D eigenvalue weighted by Crippen LogP contribution is 2.37. The van der Waals surface area contributed by atoms with Crippen LogP contribution in [-0.2, 0) is 6.42 Å². The van der Waals surface area contributed by atoms with Crippen molar-refractivity contribution in [2.24, 2.45) is 0 Å². The largest absolute Gasteiger partial charge is 0.376 e. The second kappa shape index (κ2) is 7.43. The Bertz CT molecular complexity index is 1050. The SMILES string of the molecule is O=C(NCCC1=CCCCC1)c1ccc2c(c1)NC(c1n[nH]c3ccsc13)C2. The molecular formula is C22H24N4OS. The third kappa shape index (κ3) is 3.33. The van der Waals surface area contributed by atoms with Crippen LogP contribution in [0, 0.1) is 0 Å². The maximum atomic E-state index is 12.6. The van der Waals surface area contributed by atoms with Gasteiger partial charge in [-0.05, 0) is 61.2 Å². The first-order valence-corrected chi connectivity index (χ1v) is 10.9. The number of carbonyl (C=O) groups excluding carboxylic acids is 1. The van der Waals surface area contributed by atoms with E-state index >= 15 is 0 Å². The summed E-state index contributed by atoms with van der Waals surface area (Å²) in [5.41, 5.74) is 6.64. The van der Waals surface area contributed by atoms with Gasteiger partial charge in [0.2, 0.25) is 0 Å². The van der Waals surface area contributed by atoms with Gasteiger partial charge in [0, 0.05) is 24.2 Å². The number of nitrogens with zero attached hydrogens (tertiary/aromatic N) is 1. The van der Waals surface area contributed by atoms with Crippen LogP contribution >= 0.6 is 11.3 Å². The molecule has 28 heavy (non-hydrogen) atoms. The minimum absolute atomic E-state index is 0.00451. The van der Waals surface area contributed by atoms with Gasteiger partial charge in [-0.3, -0.25) is 9.89 Å². The van der Waals surface area contributed by atoms with E-state index in [4.69, 9.17) is 0 Å². The number of fused-ring (bicyclic) bond motifs is 2. The number of aromatic amines is 1. The van der Waals surface area contributed by atoms with Crippen molar-refractivity contribution in [1.29, 1.82) is 0 Å². The van der Waals surface area contributed by atoms with Gasteiger partial charge < -0.3 is 10.6 Å². The third-order valence-corrected chi connectivity index (χ3v) is 6.70. The summed E-state index contributed by atoms with van der Waals surface area (Å²) in [6, 6.07) is 8.19. The molecule has 5 rings (SSSR count). The Morgan fingerprint density at radius 1 is 1.29 bits per heavy atom. The zero-order chi connectivity index (χ0) is 18.9. The average Bonchev–Trinajstić information content (AvgIpc) is 3.43. The van der Waals surface area contributed by atoms with E-state index in [1.54, 1.807) is 11.3 Å². The molecule has 3 N–H and O–H groups in total. The first kappa shape index (κ1) is 17.5. The number of hydrogen-bond acceptors (Lipinski definition) is 4. The number of nitrogens with one attached hydrogen (secondary N) is 3. The molecule has 1 unspecified atom stereocenters. The Morgan fingerprint density at radius 3 is 3.14 bits per heavy atom. The molecule has 3 heterocycles. The number of allylic oxidation sites excluding steroid dienone is 1. The van der Waals surface area contributed by atoms with Crippen LogP contribution in [0.15, 0.2) is 41.3 Å². The van der Waals surface area contributed by atoms with E-state index in [-0.39, 0.29) is 11.9 Å². The Balaban J connectivity index is 1.24.